The molecule has 0 bridgehead atoms. The quantitative estimate of drug-likeness (QED) is 0.422. The smallest absolute Gasteiger partial charge is 0.141 e. The van der Waals surface area contributed by atoms with Gasteiger partial charge in [0, 0.05) is 0 Å². The molecule has 0 spiro atoms. The Morgan fingerprint density at radius 1 is 1.00 bits per heavy atom. The van der Waals surface area contributed by atoms with E-state index in [9.17, 15) is 0 Å². The lowest BCUT2D eigenvalue weighted by Crippen LogP contribution is -1.53. The Kier molecular flexibility index (Phi) is 8330. The zero-order valence-corrected chi connectivity index (χ0v) is 2.48. The van der Waals surface area contributed by atoms with Gasteiger partial charge in [-0.05, 0) is 0 Å². The van der Waals surface area contributed by atoms with Gasteiger partial charge in [-0.1, -0.05) is 0 Å². The summed E-state index contributed by atoms with van der Waals surface area (Å²) in [6, 6.07) is 0. The SMILES string of the molecule is F.F.N.NF. The van der Waals surface area contributed by atoms with Crippen molar-refractivity contribution in [1.29, 1.82) is 0 Å². The molecule has 0 aromatic carbocycles. The molecule has 2 nitrogen and oxygen atoms in total. The van der Waals surface area contributed by atoms with Crippen molar-refractivity contribution >= 4 is 0 Å². The van der Waals surface area contributed by atoms with Crippen LogP contribution < -0.4 is 12.1 Å². The van der Waals surface area contributed by atoms with Crippen molar-refractivity contribution in [3.8, 4) is 0 Å². The van der Waals surface area contributed by atoms with Crippen LogP contribution in [0.25, 0.3) is 0 Å². The van der Waals surface area contributed by atoms with E-state index in [1.807, 2.05) is 0 Å². The lowest BCUT2D eigenvalue weighted by atomic mass is 13.8. The molecular formula is H7F3N2. The predicted molar refractivity (Wildman–Crippen MR) is 15.3 cm³/mol. The van der Waals surface area contributed by atoms with Gasteiger partial charge in [0.15, 0.2) is 0 Å². The molecular weight excluding hydrogens is 85.0 g/mol. The topological polar surface area (TPSA) is 61.0 Å². The lowest BCUT2D eigenvalue weighted by molar-refractivity contribution is 0.530. The van der Waals surface area contributed by atoms with Crippen LogP contribution in [0.3, 0.4) is 0 Å². The van der Waals surface area contributed by atoms with E-state index < -0.39 is 0 Å². The first-order valence-corrected chi connectivity index (χ1v) is 0.218. The van der Waals surface area contributed by atoms with Crippen molar-refractivity contribution in [2.24, 2.45) is 5.96 Å². The fourth-order valence-corrected chi connectivity index (χ4v) is 0. The van der Waals surface area contributed by atoms with Gasteiger partial charge in [0.25, 0.3) is 0 Å². The molecule has 0 heterocycles. The molecule has 38 valence electrons. The van der Waals surface area contributed by atoms with Crippen LogP contribution in [0.2, 0.25) is 0 Å². The van der Waals surface area contributed by atoms with Gasteiger partial charge in [0.1, 0.15) is 0 Å². The van der Waals surface area contributed by atoms with Crippen LogP contribution in [0.15, 0.2) is 0 Å². The van der Waals surface area contributed by atoms with Crippen LogP contribution in [0, 0.1) is 0 Å². The summed E-state index contributed by atoms with van der Waals surface area (Å²) in [6.45, 7) is 0. The molecule has 0 saturated carbocycles. The first-order valence-electron chi connectivity index (χ1n) is 0.218. The van der Waals surface area contributed by atoms with E-state index in [0.717, 1.165) is 0 Å². The second-order valence-electron chi connectivity index (χ2n) is 0. The minimum atomic E-state index is 0. The molecule has 5 heteroatoms. The Bertz CT molecular complexity index is 4.85. The maximum Gasteiger partial charge on any atom is -0.141 e. The molecule has 0 saturated heterocycles. The normalized spacial score (nSPS) is 1.20. The van der Waals surface area contributed by atoms with Gasteiger partial charge in [0.05, 0.1) is 0 Å². The molecule has 0 rings (SSSR count). The highest BCUT2D eigenvalue weighted by Crippen LogP contribution is 0.933. The fourth-order valence-electron chi connectivity index (χ4n) is 0. The first-order chi connectivity index (χ1) is 1.00. The van der Waals surface area contributed by atoms with Crippen molar-refractivity contribution in [2.45, 2.75) is 0 Å². The van der Waals surface area contributed by atoms with Gasteiger partial charge < -0.3 is 6.15 Å². The largest absolute Gasteiger partial charge is 0.344 e. The molecule has 0 unspecified atom stereocenters. The van der Waals surface area contributed by atoms with E-state index in [4.69, 9.17) is 4.48 Å². The van der Waals surface area contributed by atoms with Gasteiger partial charge >= 0.3 is 0 Å². The van der Waals surface area contributed by atoms with Crippen LogP contribution in [-0.2, 0) is 0 Å². The van der Waals surface area contributed by atoms with Gasteiger partial charge in [0.2, 0.25) is 0 Å². The second kappa shape index (κ2) is 324. The summed E-state index contributed by atoms with van der Waals surface area (Å²) in [4.78, 5) is 0. The molecule has 0 fully saturated rings. The highest BCUT2D eigenvalue weighted by molar-refractivity contribution is 2.84. The summed E-state index contributed by atoms with van der Waals surface area (Å²) in [5, 5.41) is 0. The van der Waals surface area contributed by atoms with Gasteiger partial charge in [-0.3, -0.25) is 9.41 Å². The van der Waals surface area contributed by atoms with Crippen LogP contribution in [0.1, 0.15) is 0 Å². The zero-order valence-electron chi connectivity index (χ0n) is 2.48. The number of halogens is 3. The third-order valence-corrected chi connectivity index (χ3v) is 0. The fraction of sp³-hybridized carbons (Fsp3) is 0. The molecule has 0 aliphatic heterocycles. The van der Waals surface area contributed by atoms with Crippen molar-refractivity contribution in [3.63, 3.8) is 0 Å². The summed E-state index contributed by atoms with van der Waals surface area (Å²) in [5.74, 6) is 3.00. The van der Waals surface area contributed by atoms with Crippen LogP contribution in [-0.4, -0.2) is 0 Å². The van der Waals surface area contributed by atoms with E-state index in [-0.39, 0.29) is 15.6 Å². The molecule has 0 aliphatic rings. The third-order valence-electron chi connectivity index (χ3n) is 0. The Hall–Kier alpha value is -0.290. The minimum absolute atomic E-state index is 0. The van der Waals surface area contributed by atoms with E-state index in [0.29, 0.717) is 0 Å². The van der Waals surface area contributed by atoms with E-state index >= 15 is 0 Å². The average Bonchev–Trinajstić information content (AvgIpc) is 1.00. The molecule has 0 aromatic heterocycles. The average molecular weight is 92.1 g/mol. The second-order valence-corrected chi connectivity index (χ2v) is 0. The summed E-state index contributed by atoms with van der Waals surface area (Å²) < 4.78 is 9.00. The molecule has 0 aromatic rings. The Labute approximate surface area is 27.4 Å². The summed E-state index contributed by atoms with van der Waals surface area (Å²) in [5.41, 5.74) is 0. The van der Waals surface area contributed by atoms with Crippen LogP contribution in [0.5, 0.6) is 0 Å². The Morgan fingerprint density at radius 3 is 1.00 bits per heavy atom. The highest BCUT2D eigenvalue weighted by atomic mass is 19.2. The van der Waals surface area contributed by atoms with Gasteiger partial charge in [-0.2, -0.15) is 5.96 Å². The Morgan fingerprint density at radius 2 is 1.00 bits per heavy atom. The Balaban J connectivity index is -0.00000000167. The molecule has 0 radical (unpaired) electrons. The number of nitrogens with two attached hydrogens (primary N) is 1. The standard InChI is InChI=1S/FH2N.2FH.H3N/c1-2;;;/h2H2;2*1H;1H3. The summed E-state index contributed by atoms with van der Waals surface area (Å²) >= 11 is 0. The van der Waals surface area contributed by atoms with E-state index in [1.54, 1.807) is 0 Å². The maximum atomic E-state index is 9.00. The number of hydrogen-bond donors (Lipinski definition) is 2. The van der Waals surface area contributed by atoms with Gasteiger partial charge in [-0.25, -0.2) is 0 Å². The third kappa shape index (κ3) is 129. The molecule has 0 amide bonds. The number of rotatable bonds is 0. The number of hydrogen-bond acceptors (Lipinski definition) is 2. The monoisotopic (exact) mass is 92.1 g/mol. The van der Waals surface area contributed by atoms with Crippen molar-refractivity contribution in [3.05, 3.63) is 0 Å². The lowest BCUT2D eigenvalue weighted by Gasteiger charge is -1.16. The first kappa shape index (κ1) is 129. The maximum absolute atomic E-state index is 9.00. The van der Waals surface area contributed by atoms with E-state index in [1.165, 1.54) is 0 Å². The van der Waals surface area contributed by atoms with Gasteiger partial charge in [-0.15, -0.1) is 4.48 Å². The molecule has 5 N–H and O–H groups in total. The van der Waals surface area contributed by atoms with Crippen LogP contribution >= 0.6 is 0 Å². The van der Waals surface area contributed by atoms with Crippen LogP contribution in [0.4, 0.5) is 13.9 Å². The molecule has 0 atom stereocenters. The van der Waals surface area contributed by atoms with E-state index in [2.05, 4.69) is 5.96 Å². The molecule has 0 aliphatic carbocycles. The minimum Gasteiger partial charge on any atom is -0.344 e. The van der Waals surface area contributed by atoms with Crippen molar-refractivity contribution in [1.82, 2.24) is 6.15 Å². The summed E-state index contributed by atoms with van der Waals surface area (Å²) in [6.07, 6.45) is 0. The zero-order chi connectivity index (χ0) is 2.00. The van der Waals surface area contributed by atoms with Crippen molar-refractivity contribution in [2.75, 3.05) is 0 Å². The predicted octanol–water partition coefficient (Wildman–Crippen LogP) is 0.297. The summed E-state index contributed by atoms with van der Waals surface area (Å²) in [7, 11) is 0. The highest BCUT2D eigenvalue weighted by Gasteiger charge is 0.844. The van der Waals surface area contributed by atoms with Crippen molar-refractivity contribution < 1.29 is 13.9 Å². The molecule has 5 heavy (non-hydrogen) atoms.